The van der Waals surface area contributed by atoms with Gasteiger partial charge < -0.3 is 5.32 Å². The summed E-state index contributed by atoms with van der Waals surface area (Å²) in [4.78, 5) is 0. The zero-order valence-electron chi connectivity index (χ0n) is 6.43. The SMILES string of the molecule is CCC[C@H]1CCN[C@@H]1C#N. The zero-order valence-corrected chi connectivity index (χ0v) is 6.43. The largest absolute Gasteiger partial charge is 0.302 e. The van der Waals surface area contributed by atoms with Crippen molar-refractivity contribution in [1.29, 1.82) is 5.26 Å². The third-order valence-corrected chi connectivity index (χ3v) is 2.15. The molecular formula is C8H14N2. The summed E-state index contributed by atoms with van der Waals surface area (Å²) in [5.41, 5.74) is 0. The molecule has 2 heteroatoms. The second kappa shape index (κ2) is 3.58. The van der Waals surface area contributed by atoms with Crippen LogP contribution in [0.15, 0.2) is 0 Å². The molecule has 10 heavy (non-hydrogen) atoms. The molecule has 0 spiro atoms. The van der Waals surface area contributed by atoms with E-state index in [1.807, 2.05) is 0 Å². The fourth-order valence-electron chi connectivity index (χ4n) is 1.59. The van der Waals surface area contributed by atoms with Gasteiger partial charge >= 0.3 is 0 Å². The van der Waals surface area contributed by atoms with E-state index in [0.717, 1.165) is 6.54 Å². The summed E-state index contributed by atoms with van der Waals surface area (Å²) in [7, 11) is 0. The molecule has 0 unspecified atom stereocenters. The predicted octanol–water partition coefficient (Wildman–Crippen LogP) is 1.29. The van der Waals surface area contributed by atoms with Crippen LogP contribution in [0.4, 0.5) is 0 Å². The normalized spacial score (nSPS) is 32.0. The maximum absolute atomic E-state index is 8.65. The Hall–Kier alpha value is -0.550. The molecule has 0 bridgehead atoms. The standard InChI is InChI=1S/C8H14N2/c1-2-3-7-4-5-10-8(7)6-9/h7-8,10H,2-5H2,1H3/t7-,8+/m0/s1. The van der Waals surface area contributed by atoms with Crippen molar-refractivity contribution in [3.8, 4) is 6.07 Å². The highest BCUT2D eigenvalue weighted by Gasteiger charge is 2.24. The van der Waals surface area contributed by atoms with Crippen molar-refractivity contribution in [2.45, 2.75) is 32.2 Å². The van der Waals surface area contributed by atoms with Crippen LogP contribution in [0.1, 0.15) is 26.2 Å². The quantitative estimate of drug-likeness (QED) is 0.624. The summed E-state index contributed by atoms with van der Waals surface area (Å²) < 4.78 is 0. The van der Waals surface area contributed by atoms with Gasteiger partial charge in [0, 0.05) is 0 Å². The van der Waals surface area contributed by atoms with Crippen molar-refractivity contribution in [1.82, 2.24) is 5.32 Å². The van der Waals surface area contributed by atoms with E-state index in [1.54, 1.807) is 0 Å². The van der Waals surface area contributed by atoms with Gasteiger partial charge in [0.15, 0.2) is 0 Å². The molecule has 0 aromatic heterocycles. The van der Waals surface area contributed by atoms with Crippen molar-refractivity contribution >= 4 is 0 Å². The molecular weight excluding hydrogens is 124 g/mol. The zero-order chi connectivity index (χ0) is 7.40. The van der Waals surface area contributed by atoms with Crippen LogP contribution in [-0.2, 0) is 0 Å². The van der Waals surface area contributed by atoms with Crippen LogP contribution in [0.5, 0.6) is 0 Å². The van der Waals surface area contributed by atoms with Gasteiger partial charge in [0.1, 0.15) is 0 Å². The van der Waals surface area contributed by atoms with Crippen molar-refractivity contribution in [2.24, 2.45) is 5.92 Å². The third-order valence-electron chi connectivity index (χ3n) is 2.15. The summed E-state index contributed by atoms with van der Waals surface area (Å²) in [6.45, 7) is 3.20. The highest BCUT2D eigenvalue weighted by molar-refractivity contribution is 4.98. The average Bonchev–Trinajstić information content (AvgIpc) is 2.36. The average molecular weight is 138 g/mol. The molecule has 1 fully saturated rings. The molecule has 0 aromatic carbocycles. The second-order valence-corrected chi connectivity index (χ2v) is 2.90. The van der Waals surface area contributed by atoms with Crippen LogP contribution in [0.2, 0.25) is 0 Å². The summed E-state index contributed by atoms with van der Waals surface area (Å²) in [5.74, 6) is 0.620. The van der Waals surface area contributed by atoms with Gasteiger partial charge in [-0.15, -0.1) is 0 Å². The van der Waals surface area contributed by atoms with Crippen LogP contribution in [0.3, 0.4) is 0 Å². The van der Waals surface area contributed by atoms with Gasteiger partial charge in [-0.25, -0.2) is 0 Å². The first-order valence-corrected chi connectivity index (χ1v) is 4.01. The van der Waals surface area contributed by atoms with Gasteiger partial charge in [-0.2, -0.15) is 5.26 Å². The highest BCUT2D eigenvalue weighted by atomic mass is 14.9. The van der Waals surface area contributed by atoms with Gasteiger partial charge in [-0.1, -0.05) is 13.3 Å². The molecule has 1 rings (SSSR count). The molecule has 0 aromatic rings. The van der Waals surface area contributed by atoms with Crippen molar-refractivity contribution in [3.63, 3.8) is 0 Å². The molecule has 2 nitrogen and oxygen atoms in total. The molecule has 1 N–H and O–H groups in total. The Kier molecular flexibility index (Phi) is 2.70. The summed E-state index contributed by atoms with van der Waals surface area (Å²) in [6, 6.07) is 2.43. The molecule has 0 radical (unpaired) electrons. The molecule has 1 saturated heterocycles. The topological polar surface area (TPSA) is 35.8 Å². The Morgan fingerprint density at radius 3 is 3.10 bits per heavy atom. The lowest BCUT2D eigenvalue weighted by atomic mass is 9.97. The van der Waals surface area contributed by atoms with Crippen LogP contribution >= 0.6 is 0 Å². The van der Waals surface area contributed by atoms with E-state index in [1.165, 1.54) is 19.3 Å². The van der Waals surface area contributed by atoms with E-state index >= 15 is 0 Å². The first-order chi connectivity index (χ1) is 4.88. The molecule has 0 saturated carbocycles. The molecule has 2 atom stereocenters. The first kappa shape index (κ1) is 7.56. The predicted molar refractivity (Wildman–Crippen MR) is 40.4 cm³/mol. The summed E-state index contributed by atoms with van der Waals surface area (Å²) >= 11 is 0. The fourth-order valence-corrected chi connectivity index (χ4v) is 1.59. The Labute approximate surface area is 62.2 Å². The Bertz CT molecular complexity index is 137. The number of nitrogens with one attached hydrogen (secondary N) is 1. The Balaban J connectivity index is 2.36. The van der Waals surface area contributed by atoms with Gasteiger partial charge in [0.25, 0.3) is 0 Å². The van der Waals surface area contributed by atoms with E-state index in [-0.39, 0.29) is 6.04 Å². The summed E-state index contributed by atoms with van der Waals surface area (Å²) in [5, 5.41) is 11.8. The molecule has 0 aliphatic carbocycles. The number of hydrogen-bond donors (Lipinski definition) is 1. The lowest BCUT2D eigenvalue weighted by Gasteiger charge is -2.09. The number of nitrogens with zero attached hydrogens (tertiary/aromatic N) is 1. The molecule has 1 aliphatic heterocycles. The van der Waals surface area contributed by atoms with Crippen LogP contribution in [0.25, 0.3) is 0 Å². The van der Waals surface area contributed by atoms with Gasteiger partial charge in [0.2, 0.25) is 0 Å². The first-order valence-electron chi connectivity index (χ1n) is 4.01. The molecule has 56 valence electrons. The van der Waals surface area contributed by atoms with E-state index in [9.17, 15) is 0 Å². The Morgan fingerprint density at radius 1 is 1.70 bits per heavy atom. The maximum Gasteiger partial charge on any atom is 0.0981 e. The van der Waals surface area contributed by atoms with Crippen molar-refractivity contribution in [3.05, 3.63) is 0 Å². The monoisotopic (exact) mass is 138 g/mol. The van der Waals surface area contributed by atoms with E-state index in [0.29, 0.717) is 5.92 Å². The van der Waals surface area contributed by atoms with E-state index < -0.39 is 0 Å². The van der Waals surface area contributed by atoms with Crippen molar-refractivity contribution in [2.75, 3.05) is 6.54 Å². The summed E-state index contributed by atoms with van der Waals surface area (Å²) in [6.07, 6.45) is 3.59. The molecule has 1 heterocycles. The second-order valence-electron chi connectivity index (χ2n) is 2.90. The smallest absolute Gasteiger partial charge is 0.0981 e. The van der Waals surface area contributed by atoms with Crippen LogP contribution < -0.4 is 5.32 Å². The third kappa shape index (κ3) is 1.48. The maximum atomic E-state index is 8.65. The van der Waals surface area contributed by atoms with Gasteiger partial charge in [-0.05, 0) is 25.3 Å². The lowest BCUT2D eigenvalue weighted by Crippen LogP contribution is -2.24. The van der Waals surface area contributed by atoms with Crippen molar-refractivity contribution < 1.29 is 0 Å². The Morgan fingerprint density at radius 2 is 2.50 bits per heavy atom. The fraction of sp³-hybridized carbons (Fsp3) is 0.875. The highest BCUT2D eigenvalue weighted by Crippen LogP contribution is 2.19. The van der Waals surface area contributed by atoms with Crippen LogP contribution in [0, 0.1) is 17.2 Å². The number of nitriles is 1. The van der Waals surface area contributed by atoms with Gasteiger partial charge in [0.05, 0.1) is 12.1 Å². The minimum atomic E-state index is 0.139. The van der Waals surface area contributed by atoms with E-state index in [2.05, 4.69) is 18.3 Å². The van der Waals surface area contributed by atoms with Crippen LogP contribution in [-0.4, -0.2) is 12.6 Å². The minimum Gasteiger partial charge on any atom is -0.302 e. The lowest BCUT2D eigenvalue weighted by molar-refractivity contribution is 0.474. The molecule has 0 amide bonds. The number of hydrogen-bond acceptors (Lipinski definition) is 2. The van der Waals surface area contributed by atoms with E-state index in [4.69, 9.17) is 5.26 Å². The molecule has 1 aliphatic rings. The minimum absolute atomic E-state index is 0.139. The number of rotatable bonds is 2. The van der Waals surface area contributed by atoms with Gasteiger partial charge in [-0.3, -0.25) is 0 Å².